The molecule has 0 bridgehead atoms. The molecule has 0 amide bonds. The van der Waals surface area contributed by atoms with Crippen molar-refractivity contribution in [2.75, 3.05) is 11.9 Å². The summed E-state index contributed by atoms with van der Waals surface area (Å²) < 4.78 is 0. The van der Waals surface area contributed by atoms with Crippen LogP contribution in [0.15, 0.2) is 35.0 Å². The van der Waals surface area contributed by atoms with E-state index in [1.54, 1.807) is 17.4 Å². The molecule has 1 aromatic carbocycles. The summed E-state index contributed by atoms with van der Waals surface area (Å²) in [6.07, 6.45) is 0. The molecule has 1 heterocycles. The fourth-order valence-electron chi connectivity index (χ4n) is 1.88. The molecule has 4 heteroatoms. The van der Waals surface area contributed by atoms with Crippen molar-refractivity contribution in [1.29, 1.82) is 0 Å². The summed E-state index contributed by atoms with van der Waals surface area (Å²) in [6.45, 7) is 2.68. The van der Waals surface area contributed by atoms with Crippen molar-refractivity contribution >= 4 is 23.0 Å². The van der Waals surface area contributed by atoms with Gasteiger partial charge in [-0.05, 0) is 47.0 Å². The topological polar surface area (TPSA) is 40.5 Å². The Morgan fingerprint density at radius 1 is 1.39 bits per heavy atom. The molecule has 0 aliphatic rings. The molecular formula is C14H15NO2S. The zero-order valence-corrected chi connectivity index (χ0v) is 11.2. The van der Waals surface area contributed by atoms with Crippen LogP contribution in [0.3, 0.4) is 0 Å². The first-order valence-corrected chi connectivity index (χ1v) is 6.58. The Morgan fingerprint density at radius 3 is 2.78 bits per heavy atom. The van der Waals surface area contributed by atoms with Crippen LogP contribution in [0.4, 0.5) is 5.69 Å². The van der Waals surface area contributed by atoms with Crippen molar-refractivity contribution in [3.63, 3.8) is 0 Å². The molecule has 0 radical (unpaired) electrons. The van der Waals surface area contributed by atoms with Gasteiger partial charge in [0.15, 0.2) is 0 Å². The highest BCUT2D eigenvalue weighted by Gasteiger charge is 2.13. The maximum atomic E-state index is 11.2. The second-order valence-electron chi connectivity index (χ2n) is 4.31. The van der Waals surface area contributed by atoms with Gasteiger partial charge in [-0.3, -0.25) is 0 Å². The molecule has 2 rings (SSSR count). The van der Waals surface area contributed by atoms with Gasteiger partial charge in [0, 0.05) is 13.6 Å². The zero-order valence-electron chi connectivity index (χ0n) is 10.4. The van der Waals surface area contributed by atoms with Crippen LogP contribution in [0, 0.1) is 6.92 Å². The Hall–Kier alpha value is -1.81. The lowest BCUT2D eigenvalue weighted by molar-refractivity contribution is 0.0697. The number of aromatic carboxylic acids is 1. The van der Waals surface area contributed by atoms with Crippen molar-refractivity contribution in [2.45, 2.75) is 13.5 Å². The molecule has 0 aliphatic heterocycles. The Bertz CT molecular complexity index is 549. The van der Waals surface area contributed by atoms with Crippen LogP contribution in [0.2, 0.25) is 0 Å². The number of carboxylic acids is 1. The average Bonchev–Trinajstić information content (AvgIpc) is 2.81. The van der Waals surface area contributed by atoms with E-state index in [1.807, 2.05) is 36.4 Å². The van der Waals surface area contributed by atoms with Crippen molar-refractivity contribution < 1.29 is 9.90 Å². The summed E-state index contributed by atoms with van der Waals surface area (Å²) in [5.41, 5.74) is 3.36. The van der Waals surface area contributed by atoms with Gasteiger partial charge in [-0.15, -0.1) is 0 Å². The fourth-order valence-corrected chi connectivity index (χ4v) is 2.54. The predicted molar refractivity (Wildman–Crippen MR) is 74.6 cm³/mol. The van der Waals surface area contributed by atoms with Crippen LogP contribution in [0.25, 0.3) is 0 Å². The van der Waals surface area contributed by atoms with Gasteiger partial charge < -0.3 is 10.0 Å². The highest BCUT2D eigenvalue weighted by Crippen LogP contribution is 2.23. The van der Waals surface area contributed by atoms with E-state index in [0.717, 1.165) is 11.3 Å². The molecular weight excluding hydrogens is 246 g/mol. The van der Waals surface area contributed by atoms with Gasteiger partial charge in [0.1, 0.15) is 0 Å². The van der Waals surface area contributed by atoms with E-state index in [-0.39, 0.29) is 0 Å². The Labute approximate surface area is 110 Å². The third-order valence-electron chi connectivity index (χ3n) is 2.79. The molecule has 18 heavy (non-hydrogen) atoms. The third-order valence-corrected chi connectivity index (χ3v) is 3.53. The van der Waals surface area contributed by atoms with Crippen LogP contribution in [-0.2, 0) is 6.54 Å². The number of aryl methyl sites for hydroxylation is 1. The van der Waals surface area contributed by atoms with E-state index in [2.05, 4.69) is 11.4 Å². The number of hydrogen-bond donors (Lipinski definition) is 1. The third kappa shape index (κ3) is 2.71. The molecule has 0 atom stereocenters. The molecule has 0 saturated heterocycles. The first-order valence-electron chi connectivity index (χ1n) is 5.64. The quantitative estimate of drug-likeness (QED) is 0.917. The number of rotatable bonds is 4. The molecule has 0 fully saturated rings. The Kier molecular flexibility index (Phi) is 3.67. The number of thiophene rings is 1. The molecule has 0 unspecified atom stereocenters. The van der Waals surface area contributed by atoms with Crippen LogP contribution < -0.4 is 4.90 Å². The van der Waals surface area contributed by atoms with Crippen LogP contribution in [0.5, 0.6) is 0 Å². The minimum absolute atomic E-state index is 0.346. The van der Waals surface area contributed by atoms with E-state index in [1.165, 1.54) is 5.56 Å². The number of carbonyl (C=O) groups is 1. The first kappa shape index (κ1) is 12.6. The Morgan fingerprint density at radius 2 is 2.17 bits per heavy atom. The van der Waals surface area contributed by atoms with E-state index in [9.17, 15) is 9.90 Å². The van der Waals surface area contributed by atoms with Gasteiger partial charge in [-0.1, -0.05) is 6.07 Å². The van der Waals surface area contributed by atoms with E-state index < -0.39 is 5.97 Å². The second kappa shape index (κ2) is 5.23. The van der Waals surface area contributed by atoms with Gasteiger partial charge in [0.2, 0.25) is 0 Å². The van der Waals surface area contributed by atoms with Crippen molar-refractivity contribution in [1.82, 2.24) is 0 Å². The number of carboxylic acid groups (broad SMARTS) is 1. The maximum absolute atomic E-state index is 11.2. The highest BCUT2D eigenvalue weighted by molar-refractivity contribution is 7.07. The summed E-state index contributed by atoms with van der Waals surface area (Å²) in [5, 5.41) is 13.3. The van der Waals surface area contributed by atoms with Gasteiger partial charge in [-0.2, -0.15) is 11.3 Å². The molecule has 1 aromatic heterocycles. The lowest BCUT2D eigenvalue weighted by atomic mass is 10.1. The lowest BCUT2D eigenvalue weighted by Crippen LogP contribution is -2.19. The predicted octanol–water partition coefficient (Wildman–Crippen LogP) is 3.39. The van der Waals surface area contributed by atoms with E-state index in [0.29, 0.717) is 12.1 Å². The maximum Gasteiger partial charge on any atom is 0.337 e. The summed E-state index contributed by atoms with van der Waals surface area (Å²) >= 11 is 1.65. The number of nitrogens with zero attached hydrogens (tertiary/aromatic N) is 1. The minimum Gasteiger partial charge on any atom is -0.478 e. The molecule has 0 aliphatic carbocycles. The van der Waals surface area contributed by atoms with Crippen LogP contribution >= 0.6 is 11.3 Å². The average molecular weight is 261 g/mol. The van der Waals surface area contributed by atoms with Crippen molar-refractivity contribution in [3.05, 3.63) is 51.7 Å². The van der Waals surface area contributed by atoms with Crippen LogP contribution in [0.1, 0.15) is 21.5 Å². The van der Waals surface area contributed by atoms with E-state index in [4.69, 9.17) is 0 Å². The van der Waals surface area contributed by atoms with Crippen molar-refractivity contribution in [3.8, 4) is 0 Å². The van der Waals surface area contributed by atoms with Gasteiger partial charge in [0.05, 0.1) is 11.3 Å². The van der Waals surface area contributed by atoms with Crippen LogP contribution in [-0.4, -0.2) is 18.1 Å². The SMILES string of the molecule is Cc1ccc(C(=O)O)c(N(C)Cc2ccsc2)c1. The molecule has 3 nitrogen and oxygen atoms in total. The zero-order chi connectivity index (χ0) is 13.1. The first-order chi connectivity index (χ1) is 8.58. The molecule has 0 saturated carbocycles. The molecule has 94 valence electrons. The van der Waals surface area contributed by atoms with Gasteiger partial charge in [0.25, 0.3) is 0 Å². The minimum atomic E-state index is -0.887. The van der Waals surface area contributed by atoms with Gasteiger partial charge in [-0.25, -0.2) is 4.79 Å². The smallest absolute Gasteiger partial charge is 0.337 e. The fraction of sp³-hybridized carbons (Fsp3) is 0.214. The monoisotopic (exact) mass is 261 g/mol. The highest BCUT2D eigenvalue weighted by atomic mass is 32.1. The molecule has 2 aromatic rings. The van der Waals surface area contributed by atoms with Gasteiger partial charge >= 0.3 is 5.97 Å². The lowest BCUT2D eigenvalue weighted by Gasteiger charge is -2.21. The normalized spacial score (nSPS) is 10.3. The summed E-state index contributed by atoms with van der Waals surface area (Å²) in [4.78, 5) is 13.2. The van der Waals surface area contributed by atoms with Crippen molar-refractivity contribution in [2.24, 2.45) is 0 Å². The molecule has 0 spiro atoms. The molecule has 1 N–H and O–H groups in total. The largest absolute Gasteiger partial charge is 0.478 e. The summed E-state index contributed by atoms with van der Waals surface area (Å²) in [6, 6.07) is 7.45. The number of hydrogen-bond acceptors (Lipinski definition) is 3. The number of benzene rings is 1. The van der Waals surface area contributed by atoms with E-state index >= 15 is 0 Å². The Balaban J connectivity index is 2.31. The second-order valence-corrected chi connectivity index (χ2v) is 5.09. The standard InChI is InChI=1S/C14H15NO2S/c1-10-3-4-12(14(16)17)13(7-10)15(2)8-11-5-6-18-9-11/h3-7,9H,8H2,1-2H3,(H,16,17). The summed E-state index contributed by atoms with van der Waals surface area (Å²) in [7, 11) is 1.92. The summed E-state index contributed by atoms with van der Waals surface area (Å²) in [5.74, 6) is -0.887. The number of anilines is 1.